The molecule has 11 heteroatoms. The predicted molar refractivity (Wildman–Crippen MR) is 84.3 cm³/mol. The molecule has 1 saturated heterocycles. The van der Waals surface area contributed by atoms with E-state index < -0.39 is 24.2 Å². The summed E-state index contributed by atoms with van der Waals surface area (Å²) in [4.78, 5) is 20.6. The molecule has 0 bridgehead atoms. The number of alkyl halides is 5. The van der Waals surface area contributed by atoms with Crippen LogP contribution in [0, 0.1) is 5.92 Å². The van der Waals surface area contributed by atoms with E-state index in [1.54, 1.807) is 18.2 Å². The van der Waals surface area contributed by atoms with Gasteiger partial charge >= 0.3 is 24.2 Å². The van der Waals surface area contributed by atoms with Crippen molar-refractivity contribution >= 4 is 11.9 Å². The van der Waals surface area contributed by atoms with Gasteiger partial charge in [-0.25, -0.2) is 4.79 Å². The molecule has 1 amide bonds. The molecule has 1 aromatic rings. The molecule has 152 valence electrons. The van der Waals surface area contributed by atoms with Crippen LogP contribution in [0.5, 0.6) is 5.75 Å². The summed E-state index contributed by atoms with van der Waals surface area (Å²) in [5, 5.41) is 12.6. The van der Waals surface area contributed by atoms with Crippen LogP contribution in [-0.4, -0.2) is 48.4 Å². The lowest BCUT2D eigenvalue weighted by Crippen LogP contribution is -2.54. The molecule has 0 radical (unpaired) electrons. The van der Waals surface area contributed by atoms with Gasteiger partial charge in [0.1, 0.15) is 5.75 Å². The molecule has 0 unspecified atom stereocenters. The van der Waals surface area contributed by atoms with Gasteiger partial charge in [-0.15, -0.1) is 0 Å². The van der Waals surface area contributed by atoms with E-state index >= 15 is 0 Å². The first-order valence-electron chi connectivity index (χ1n) is 7.87. The van der Waals surface area contributed by atoms with Crippen LogP contribution in [0.2, 0.25) is 0 Å². The van der Waals surface area contributed by atoms with Gasteiger partial charge < -0.3 is 20.5 Å². The van der Waals surface area contributed by atoms with Gasteiger partial charge in [0.25, 0.3) is 0 Å². The number of aliphatic carboxylic acids is 1. The molecule has 0 aliphatic carbocycles. The van der Waals surface area contributed by atoms with Crippen LogP contribution in [0.1, 0.15) is 13.3 Å². The summed E-state index contributed by atoms with van der Waals surface area (Å²) < 4.78 is 63.7. The van der Waals surface area contributed by atoms with E-state index in [-0.39, 0.29) is 17.7 Å². The Kier molecular flexibility index (Phi) is 7.95. The molecule has 27 heavy (non-hydrogen) atoms. The van der Waals surface area contributed by atoms with Gasteiger partial charge in [0.05, 0.1) is 0 Å². The number of ether oxygens (including phenoxy) is 1. The highest BCUT2D eigenvalue weighted by atomic mass is 19.4. The van der Waals surface area contributed by atoms with E-state index in [1.807, 2.05) is 6.92 Å². The summed E-state index contributed by atoms with van der Waals surface area (Å²) in [6.45, 7) is 3.32. The number of halogens is 5. The smallest absolute Gasteiger partial charge is 0.475 e. The van der Waals surface area contributed by atoms with Gasteiger partial charge in [-0.05, 0) is 37.6 Å². The second-order valence-corrected chi connectivity index (χ2v) is 5.78. The first-order valence-corrected chi connectivity index (χ1v) is 7.87. The molecule has 2 atom stereocenters. The van der Waals surface area contributed by atoms with Crippen molar-refractivity contribution in [2.45, 2.75) is 31.7 Å². The maximum absolute atomic E-state index is 13.7. The number of carboxylic acids is 1. The molecule has 2 rings (SSSR count). The fraction of sp³-hybridized carbons (Fsp3) is 0.500. The van der Waals surface area contributed by atoms with E-state index in [1.165, 1.54) is 12.1 Å². The summed E-state index contributed by atoms with van der Waals surface area (Å²) in [6.07, 6.45) is -8.32. The number of hydrogen-bond acceptors (Lipinski definition) is 4. The lowest BCUT2D eigenvalue weighted by molar-refractivity contribution is -0.194. The maximum Gasteiger partial charge on any atom is 0.490 e. The van der Waals surface area contributed by atoms with Crippen LogP contribution in [0.25, 0.3) is 0 Å². The topological polar surface area (TPSA) is 87.7 Å². The molecule has 0 saturated carbocycles. The highest BCUT2D eigenvalue weighted by molar-refractivity contribution is 5.82. The van der Waals surface area contributed by atoms with Crippen molar-refractivity contribution in [3.63, 3.8) is 0 Å². The zero-order chi connectivity index (χ0) is 20.7. The van der Waals surface area contributed by atoms with Gasteiger partial charge in [0.2, 0.25) is 0 Å². The zero-order valence-corrected chi connectivity index (χ0v) is 14.2. The molecule has 0 aromatic heterocycles. The van der Waals surface area contributed by atoms with Crippen molar-refractivity contribution in [3.8, 4) is 5.75 Å². The fourth-order valence-corrected chi connectivity index (χ4v) is 2.16. The Hall–Kier alpha value is -2.43. The summed E-state index contributed by atoms with van der Waals surface area (Å²) >= 11 is 0. The molecule has 1 aliphatic heterocycles. The molecule has 1 fully saturated rings. The minimum absolute atomic E-state index is 0.0361. The largest absolute Gasteiger partial charge is 0.490 e. The number of carbonyl (C=O) groups is 2. The quantitative estimate of drug-likeness (QED) is 0.678. The maximum atomic E-state index is 13.7. The predicted octanol–water partition coefficient (Wildman–Crippen LogP) is 2.41. The van der Waals surface area contributed by atoms with E-state index in [2.05, 4.69) is 15.4 Å². The molecule has 1 heterocycles. The van der Waals surface area contributed by atoms with Crippen molar-refractivity contribution in [2.24, 2.45) is 5.92 Å². The summed E-state index contributed by atoms with van der Waals surface area (Å²) in [5.41, 5.74) is 0. The number of piperidine rings is 1. The molecule has 3 N–H and O–H groups in total. The van der Waals surface area contributed by atoms with Gasteiger partial charge in [-0.1, -0.05) is 25.1 Å². The average molecular weight is 398 g/mol. The van der Waals surface area contributed by atoms with Crippen molar-refractivity contribution in [1.29, 1.82) is 0 Å². The van der Waals surface area contributed by atoms with Crippen LogP contribution >= 0.6 is 0 Å². The molecule has 1 aliphatic rings. The van der Waals surface area contributed by atoms with Crippen molar-refractivity contribution in [1.82, 2.24) is 10.6 Å². The Labute approximate surface area is 151 Å². The summed E-state index contributed by atoms with van der Waals surface area (Å²) in [6, 6.07) is 7.33. The highest BCUT2D eigenvalue weighted by Crippen LogP contribution is 2.22. The van der Waals surface area contributed by atoms with Crippen LogP contribution < -0.4 is 15.4 Å². The molecule has 6 nitrogen and oxygen atoms in total. The van der Waals surface area contributed by atoms with Crippen LogP contribution in [0.15, 0.2) is 30.3 Å². The SMILES string of the molecule is C[C@H]1CNCC[C@@H]1NC(=O)C(F)(F)Oc1ccccc1.O=C(O)C(F)(F)F. The fourth-order valence-electron chi connectivity index (χ4n) is 2.16. The van der Waals surface area contributed by atoms with Crippen LogP contribution in [0.3, 0.4) is 0 Å². The minimum Gasteiger partial charge on any atom is -0.475 e. The van der Waals surface area contributed by atoms with E-state index in [0.717, 1.165) is 0 Å². The normalized spacial score (nSPS) is 20.1. The number of rotatable bonds is 4. The zero-order valence-electron chi connectivity index (χ0n) is 14.2. The van der Waals surface area contributed by atoms with Crippen LogP contribution in [0.4, 0.5) is 22.0 Å². The number of carbonyl (C=O) groups excluding carboxylic acids is 1. The van der Waals surface area contributed by atoms with E-state index in [4.69, 9.17) is 9.90 Å². The minimum atomic E-state index is -5.08. The first kappa shape index (κ1) is 22.6. The molecular formula is C16H19F5N2O4. The van der Waals surface area contributed by atoms with E-state index in [0.29, 0.717) is 19.5 Å². The van der Waals surface area contributed by atoms with E-state index in [9.17, 15) is 26.7 Å². The monoisotopic (exact) mass is 398 g/mol. The third-order valence-corrected chi connectivity index (χ3v) is 3.60. The second kappa shape index (κ2) is 9.49. The highest BCUT2D eigenvalue weighted by Gasteiger charge is 2.43. The van der Waals surface area contributed by atoms with Crippen molar-refractivity contribution < 1.29 is 41.4 Å². The molecule has 0 spiro atoms. The number of carboxylic acid groups (broad SMARTS) is 1. The van der Waals surface area contributed by atoms with Crippen molar-refractivity contribution in [2.75, 3.05) is 13.1 Å². The Morgan fingerprint density at radius 2 is 1.74 bits per heavy atom. The summed E-state index contributed by atoms with van der Waals surface area (Å²) in [5.74, 6) is -4.07. The van der Waals surface area contributed by atoms with Gasteiger partial charge in [0.15, 0.2) is 0 Å². The Bertz CT molecular complexity index is 625. The number of hydrogen-bond donors (Lipinski definition) is 3. The molecular weight excluding hydrogens is 379 g/mol. The number of benzene rings is 1. The summed E-state index contributed by atoms with van der Waals surface area (Å²) in [7, 11) is 0. The number of amides is 1. The lowest BCUT2D eigenvalue weighted by atomic mass is 9.95. The lowest BCUT2D eigenvalue weighted by Gasteiger charge is -2.31. The average Bonchev–Trinajstić information content (AvgIpc) is 2.57. The Morgan fingerprint density at radius 3 is 2.22 bits per heavy atom. The van der Waals surface area contributed by atoms with Gasteiger partial charge in [-0.3, -0.25) is 4.79 Å². The Morgan fingerprint density at radius 1 is 1.19 bits per heavy atom. The van der Waals surface area contributed by atoms with Crippen LogP contribution in [-0.2, 0) is 9.59 Å². The number of nitrogens with one attached hydrogen (secondary N) is 2. The van der Waals surface area contributed by atoms with Gasteiger partial charge in [-0.2, -0.15) is 22.0 Å². The second-order valence-electron chi connectivity index (χ2n) is 5.78. The first-order chi connectivity index (χ1) is 12.4. The third kappa shape index (κ3) is 7.77. The van der Waals surface area contributed by atoms with Crippen molar-refractivity contribution in [3.05, 3.63) is 30.3 Å². The Balaban J connectivity index is 0.000000445. The number of para-hydroxylation sites is 1. The molecule has 1 aromatic carbocycles. The standard InChI is InChI=1S/C14H18F2N2O2.C2HF3O2/c1-10-9-17-8-7-12(10)18-13(19)14(15,16)20-11-5-3-2-4-6-11;3-2(4,5)1(6)7/h2-6,10,12,17H,7-9H2,1H3,(H,18,19);(H,6,7)/t10-,12-;/m0./s1. The third-order valence-electron chi connectivity index (χ3n) is 3.60. The van der Waals surface area contributed by atoms with Gasteiger partial charge in [0, 0.05) is 6.04 Å².